The van der Waals surface area contributed by atoms with Gasteiger partial charge in [0.2, 0.25) is 11.9 Å². The van der Waals surface area contributed by atoms with E-state index in [9.17, 15) is 34.2 Å². The van der Waals surface area contributed by atoms with Crippen LogP contribution in [0.4, 0.5) is 11.8 Å². The van der Waals surface area contributed by atoms with Crippen molar-refractivity contribution in [3.63, 3.8) is 0 Å². The average molecular weight is 1130 g/mol. The maximum atomic E-state index is 15.6. The van der Waals surface area contributed by atoms with Crippen molar-refractivity contribution in [1.29, 1.82) is 5.26 Å². The molecule has 10 atom stereocenters. The second-order valence-electron chi connectivity index (χ2n) is 22.6. The molecule has 1 aromatic carbocycles. The van der Waals surface area contributed by atoms with E-state index in [0.717, 1.165) is 0 Å². The Labute approximate surface area is 443 Å². The Morgan fingerprint density at radius 2 is 1.47 bits per heavy atom. The third kappa shape index (κ3) is 12.8. The zero-order chi connectivity index (χ0) is 55.7. The highest BCUT2D eigenvalue weighted by Gasteiger charge is 2.56. The summed E-state index contributed by atoms with van der Waals surface area (Å²) in [5, 5.41) is 25.4. The molecule has 2 aliphatic rings. The fourth-order valence-electron chi connectivity index (χ4n) is 8.82. The number of nitriles is 1. The number of carbonyl (C=O) groups excluding carboxylic acids is 2. The number of fused-ring (bicyclic) bond motifs is 2. The summed E-state index contributed by atoms with van der Waals surface area (Å²) in [7, 11) is -13.6. The molecule has 412 valence electrons. The van der Waals surface area contributed by atoms with Gasteiger partial charge in [0.1, 0.15) is 18.5 Å². The molecule has 0 radical (unpaired) electrons. The molecule has 76 heavy (non-hydrogen) atoms. The van der Waals surface area contributed by atoms with E-state index in [4.69, 9.17) is 26.9 Å². The van der Waals surface area contributed by atoms with Gasteiger partial charge >= 0.3 is 16.1 Å². The number of aliphatic hydroxyl groups excluding tert-OH is 1. The van der Waals surface area contributed by atoms with Crippen LogP contribution in [-0.2, 0) is 40.9 Å². The van der Waals surface area contributed by atoms with Crippen LogP contribution in [0.1, 0.15) is 97.1 Å². The number of aromatic nitrogens is 8. The van der Waals surface area contributed by atoms with Crippen molar-refractivity contribution in [3.8, 4) is 6.07 Å². The number of carbonyl (C=O) groups is 2. The topological polar surface area (TPSA) is 319 Å². The lowest BCUT2D eigenvalue weighted by Gasteiger charge is -2.41. The van der Waals surface area contributed by atoms with E-state index in [1.54, 1.807) is 53.3 Å². The third-order valence-corrected chi connectivity index (χ3v) is 25.9. The molecule has 2 fully saturated rings. The number of H-pyrrole nitrogens is 1. The van der Waals surface area contributed by atoms with Gasteiger partial charge in [-0.2, -0.15) is 10.2 Å². The maximum Gasteiger partial charge on any atom is 0.695 e. The molecule has 2 aliphatic carbocycles. The molecular weight excluding hydrogens is 1060 g/mol. The van der Waals surface area contributed by atoms with Crippen molar-refractivity contribution in [2.45, 2.75) is 147 Å². The lowest BCUT2D eigenvalue weighted by atomic mass is 10.1. The molecule has 0 bridgehead atoms. The van der Waals surface area contributed by atoms with E-state index < -0.39 is 124 Å². The second-order valence-corrected chi connectivity index (χ2v) is 34.4. The highest BCUT2D eigenvalue weighted by atomic mass is 31.2. The number of aliphatic hydroxyl groups is 1. The number of phosphoric acid groups is 1. The molecule has 2 unspecified atom stereocenters. The fourth-order valence-corrected chi connectivity index (χ4v) is 13.5. The Kier molecular flexibility index (Phi) is 17.9. The van der Waals surface area contributed by atoms with Gasteiger partial charge in [0.25, 0.3) is 11.5 Å². The van der Waals surface area contributed by atoms with Crippen molar-refractivity contribution in [3.05, 3.63) is 65.2 Å². The highest BCUT2D eigenvalue weighted by molar-refractivity contribution is 7.48. The summed E-state index contributed by atoms with van der Waals surface area (Å²) in [5.74, 6) is -2.76. The summed E-state index contributed by atoms with van der Waals surface area (Å²) in [6.07, 6.45) is -0.144. The molecule has 7 rings (SSSR count). The lowest BCUT2D eigenvalue weighted by molar-refractivity contribution is -0.118. The highest BCUT2D eigenvalue weighted by Crippen LogP contribution is 2.58. The van der Waals surface area contributed by atoms with Crippen LogP contribution < -0.4 is 16.2 Å². The number of nitrogens with one attached hydrogen (secondary N) is 3. The first-order valence-electron chi connectivity index (χ1n) is 25.1. The van der Waals surface area contributed by atoms with E-state index in [1.807, 2.05) is 73.8 Å². The molecule has 0 saturated heterocycles. The van der Waals surface area contributed by atoms with Gasteiger partial charge in [-0.1, -0.05) is 73.6 Å². The van der Waals surface area contributed by atoms with Crippen molar-refractivity contribution >= 4 is 78.6 Å². The van der Waals surface area contributed by atoms with Crippen LogP contribution in [0.25, 0.3) is 22.3 Å². The predicted molar refractivity (Wildman–Crippen MR) is 286 cm³/mol. The smallest absolute Gasteiger partial charge is 0.411 e. The molecule has 5 N–H and O–H groups in total. The van der Waals surface area contributed by atoms with E-state index in [0.29, 0.717) is 11.2 Å². The molecule has 0 aliphatic heterocycles. The monoisotopic (exact) mass is 1130 g/mol. The standard InChI is InChI=1S/C48H69N11O13P2Si2/c1-28(2)43(61)56-46-55-42-35(45(63)57-46)53-27-59(42)32-21-30(23-60)37(71-75(9,10)47(3,4)5)38(32)70-74(66,67-20-16-19-49)68-24-31-22-33(39(36(31)69-73(64)65)72-76(11,12)48(6,7)8)58-26-52-34-40(50-25-51-41(34)58)54-44(62)29-17-14-13-15-18-29/h13-15,17-18,25-28,30-33,36-39,60H,16,20-24H2,1-12H3,(H3-,50,51,54,55,56,57,61,62,63,64,65)/p+1/t30-,31-,32-,33-,36-,37-,38+,39+,74?/m1/s1. The van der Waals surface area contributed by atoms with Crippen LogP contribution in [0.2, 0.25) is 36.3 Å². The zero-order valence-corrected chi connectivity index (χ0v) is 48.7. The van der Waals surface area contributed by atoms with E-state index >= 15 is 4.57 Å². The summed E-state index contributed by atoms with van der Waals surface area (Å²) in [6.45, 7) is 22.5. The van der Waals surface area contributed by atoms with Crippen molar-refractivity contribution in [1.82, 2.24) is 39.0 Å². The van der Waals surface area contributed by atoms with Crippen molar-refractivity contribution in [2.75, 3.05) is 30.5 Å². The summed E-state index contributed by atoms with van der Waals surface area (Å²) >= 11 is 0. The number of nitrogens with zero attached hydrogens (tertiary/aromatic N) is 8. The predicted octanol–water partition coefficient (Wildman–Crippen LogP) is 8.18. The van der Waals surface area contributed by atoms with Gasteiger partial charge in [0, 0.05) is 34.5 Å². The number of phosphoric ester groups is 1. The minimum atomic E-state index is -4.87. The summed E-state index contributed by atoms with van der Waals surface area (Å²) in [6, 6.07) is 8.96. The molecule has 28 heteroatoms. The first-order valence-corrected chi connectivity index (χ1v) is 33.5. The van der Waals surface area contributed by atoms with Crippen LogP contribution in [0.15, 0.2) is 54.1 Å². The first-order chi connectivity index (χ1) is 35.6. The molecule has 2 amide bonds. The van der Waals surface area contributed by atoms with Gasteiger partial charge in [-0.3, -0.25) is 38.3 Å². The first kappa shape index (κ1) is 58.7. The second kappa shape index (κ2) is 23.1. The van der Waals surface area contributed by atoms with E-state index in [1.165, 1.54) is 19.0 Å². The Balaban J connectivity index is 1.29. The number of benzene rings is 1. The van der Waals surface area contributed by atoms with Crippen LogP contribution in [0.3, 0.4) is 0 Å². The zero-order valence-electron chi connectivity index (χ0n) is 44.9. The number of anilines is 2. The third-order valence-electron chi connectivity index (χ3n) is 15.0. The number of rotatable bonds is 21. The normalized spacial score (nSPS) is 23.5. The summed E-state index contributed by atoms with van der Waals surface area (Å²) in [5.41, 5.74) is 0.315. The van der Waals surface area contributed by atoms with Gasteiger partial charge in [0.05, 0.1) is 62.7 Å². The molecule has 4 aromatic heterocycles. The average Bonchev–Trinajstić information content (AvgIpc) is 4.12. The SMILES string of the molecule is CC(C)C(=O)Nc1nc2c(ncn2[C@@H]2C[C@H](CO)[C@@H](O[Si](C)(C)C(C)(C)C)[C@H]2OP(=O)(OCCC#N)OC[C@H]2C[C@@H](n3cnc4c(NC(=O)c5ccccc5)ncnc43)[C@H](O[Si](C)(C)C(C)(C)C)[C@@H]2O[P+](=O)O)c(=O)[nH]1. The number of amides is 2. The minimum absolute atomic E-state index is 0.0538. The van der Waals surface area contributed by atoms with Crippen LogP contribution in [-0.4, -0.2) is 122 Å². The molecule has 5 aromatic rings. The van der Waals surface area contributed by atoms with Gasteiger partial charge in [-0.25, -0.2) is 24.5 Å². The Morgan fingerprint density at radius 1 is 0.868 bits per heavy atom. The Bertz CT molecular complexity index is 3060. The van der Waals surface area contributed by atoms with Crippen LogP contribution in [0.5, 0.6) is 0 Å². The molecule has 0 spiro atoms. The van der Waals surface area contributed by atoms with Crippen LogP contribution >= 0.6 is 16.1 Å². The number of imidazole rings is 2. The molecule has 24 nitrogen and oxygen atoms in total. The quantitative estimate of drug-likeness (QED) is 0.0263. The Hall–Kier alpha value is -5.01. The van der Waals surface area contributed by atoms with Gasteiger partial charge in [0.15, 0.2) is 44.8 Å². The number of aromatic amines is 1. The maximum absolute atomic E-state index is 15.6. The van der Waals surface area contributed by atoms with E-state index in [-0.39, 0.29) is 57.8 Å². The summed E-state index contributed by atoms with van der Waals surface area (Å²) < 4.78 is 70.8. The molecule has 2 saturated carbocycles. The lowest BCUT2D eigenvalue weighted by Crippen LogP contribution is -2.49. The molecular formula is C48H70N11O13P2Si2+. The number of hydrogen-bond donors (Lipinski definition) is 5. The van der Waals surface area contributed by atoms with Gasteiger partial charge in [-0.05, 0) is 61.2 Å². The fraction of sp³-hybridized carbons (Fsp3) is 0.604. The van der Waals surface area contributed by atoms with E-state index in [2.05, 4.69) is 40.5 Å². The molecule has 4 heterocycles. The van der Waals surface area contributed by atoms with Crippen molar-refractivity contribution in [2.24, 2.45) is 17.8 Å². The summed E-state index contributed by atoms with van der Waals surface area (Å²) in [4.78, 5) is 75.0. The van der Waals surface area contributed by atoms with Gasteiger partial charge < -0.3 is 28.4 Å². The van der Waals surface area contributed by atoms with Crippen molar-refractivity contribution < 1.29 is 55.7 Å². The van der Waals surface area contributed by atoms with Gasteiger partial charge in [-0.15, -0.1) is 9.42 Å². The van der Waals surface area contributed by atoms with Crippen LogP contribution in [0, 0.1) is 29.1 Å². The largest absolute Gasteiger partial charge is 0.695 e. The Morgan fingerprint density at radius 3 is 2.08 bits per heavy atom. The minimum Gasteiger partial charge on any atom is -0.411 e. The number of hydrogen-bond acceptors (Lipinski definition) is 18.